The monoisotopic (exact) mass is 370 g/mol. The molecule has 2 heterocycles. The average molecular weight is 370 g/mol. The lowest BCUT2D eigenvalue weighted by Crippen LogP contribution is -2.43. The first kappa shape index (κ1) is 17.3. The van der Waals surface area contributed by atoms with E-state index in [4.69, 9.17) is 0 Å². The summed E-state index contributed by atoms with van der Waals surface area (Å²) in [6.07, 6.45) is 1.68. The molecule has 27 heavy (non-hydrogen) atoms. The molecule has 2 N–H and O–H groups in total. The minimum absolute atomic E-state index is 0.137. The zero-order valence-corrected chi connectivity index (χ0v) is 14.2. The third-order valence-corrected chi connectivity index (χ3v) is 4.49. The van der Waals surface area contributed by atoms with Crippen molar-refractivity contribution in [3.05, 3.63) is 59.3 Å². The van der Waals surface area contributed by atoms with Gasteiger partial charge in [0.2, 0.25) is 0 Å². The van der Waals surface area contributed by atoms with E-state index in [1.165, 1.54) is 12.1 Å². The van der Waals surface area contributed by atoms with Crippen LogP contribution in [0.1, 0.15) is 15.9 Å². The van der Waals surface area contributed by atoms with E-state index in [1.807, 2.05) is 0 Å². The molecule has 1 aliphatic rings. The van der Waals surface area contributed by atoms with Crippen molar-refractivity contribution >= 4 is 22.6 Å². The molecule has 0 bridgehead atoms. The zero-order chi connectivity index (χ0) is 19.0. The fourth-order valence-corrected chi connectivity index (χ4v) is 3.08. The fraction of sp³-hybridized carbons (Fsp3) is 0.211. The number of carbonyl (C=O) groups excluding carboxylic acids is 1. The van der Waals surface area contributed by atoms with E-state index in [0.717, 1.165) is 32.2 Å². The fourth-order valence-electron chi connectivity index (χ4n) is 3.08. The number of hydrogen-bond acceptors (Lipinski definition) is 6. The molecule has 6 nitrogen and oxygen atoms in total. The molecule has 0 saturated carbocycles. The molecule has 1 aromatic heterocycles. The van der Waals surface area contributed by atoms with E-state index >= 15 is 0 Å². The molecule has 0 unspecified atom stereocenters. The average Bonchev–Trinajstić information content (AvgIpc) is 2.70. The molecule has 1 fully saturated rings. The number of nitrogens with zero attached hydrogens (tertiary/aromatic N) is 3. The van der Waals surface area contributed by atoms with Crippen molar-refractivity contribution in [2.75, 3.05) is 31.1 Å². The number of aromatic hydroxyl groups is 1. The van der Waals surface area contributed by atoms with Crippen LogP contribution in [0.15, 0.2) is 36.5 Å². The SMILES string of the molecule is O=C(c1ccc2ncc(N3CCNCC3)nc2c1)c1cc(O)cc(F)c1F. The second kappa shape index (κ2) is 6.88. The van der Waals surface area contributed by atoms with Gasteiger partial charge in [-0.3, -0.25) is 9.78 Å². The Bertz CT molecular complexity index is 1040. The van der Waals surface area contributed by atoms with Crippen molar-refractivity contribution in [2.24, 2.45) is 0 Å². The van der Waals surface area contributed by atoms with Crippen LogP contribution in [0.3, 0.4) is 0 Å². The molecule has 0 amide bonds. The van der Waals surface area contributed by atoms with Gasteiger partial charge < -0.3 is 15.3 Å². The van der Waals surface area contributed by atoms with Crippen LogP contribution in [-0.4, -0.2) is 47.0 Å². The van der Waals surface area contributed by atoms with Gasteiger partial charge in [0.15, 0.2) is 17.4 Å². The molecule has 2 aromatic carbocycles. The molecule has 4 rings (SSSR count). The molecule has 1 aliphatic heterocycles. The van der Waals surface area contributed by atoms with Crippen LogP contribution < -0.4 is 10.2 Å². The topological polar surface area (TPSA) is 78.4 Å². The van der Waals surface area contributed by atoms with Crippen molar-refractivity contribution in [2.45, 2.75) is 0 Å². The number of nitrogens with one attached hydrogen (secondary N) is 1. The molecule has 138 valence electrons. The van der Waals surface area contributed by atoms with Gasteiger partial charge in [-0.2, -0.15) is 0 Å². The standard InChI is InChI=1S/C19H16F2N4O2/c20-14-9-12(26)8-13(18(14)21)19(27)11-1-2-15-16(7-11)24-17(10-23-15)25-5-3-22-4-6-25/h1-2,7-10,22,26H,3-6H2. The van der Waals surface area contributed by atoms with Gasteiger partial charge in [0, 0.05) is 37.8 Å². The normalized spacial score (nSPS) is 14.5. The van der Waals surface area contributed by atoms with Crippen molar-refractivity contribution < 1.29 is 18.7 Å². The maximum Gasteiger partial charge on any atom is 0.196 e. The molecular weight excluding hydrogens is 354 g/mol. The van der Waals surface area contributed by atoms with E-state index in [-0.39, 0.29) is 5.56 Å². The lowest BCUT2D eigenvalue weighted by molar-refractivity contribution is 0.103. The number of anilines is 1. The number of rotatable bonds is 3. The molecule has 8 heteroatoms. The summed E-state index contributed by atoms with van der Waals surface area (Å²) in [5.41, 5.74) is 0.683. The summed E-state index contributed by atoms with van der Waals surface area (Å²) in [6.45, 7) is 3.29. The Balaban J connectivity index is 1.73. The second-order valence-electron chi connectivity index (χ2n) is 6.29. The molecule has 0 radical (unpaired) electrons. The van der Waals surface area contributed by atoms with Gasteiger partial charge in [-0.1, -0.05) is 0 Å². The third-order valence-electron chi connectivity index (χ3n) is 4.49. The predicted molar refractivity (Wildman–Crippen MR) is 96.1 cm³/mol. The molecule has 0 aliphatic carbocycles. The van der Waals surface area contributed by atoms with E-state index in [9.17, 15) is 18.7 Å². The minimum atomic E-state index is -1.29. The first-order chi connectivity index (χ1) is 13.0. The van der Waals surface area contributed by atoms with Crippen molar-refractivity contribution in [3.8, 4) is 5.75 Å². The van der Waals surface area contributed by atoms with Crippen LogP contribution in [0.2, 0.25) is 0 Å². The van der Waals surface area contributed by atoms with Crippen LogP contribution in [0, 0.1) is 11.6 Å². The number of fused-ring (bicyclic) bond motifs is 1. The summed E-state index contributed by atoms with van der Waals surface area (Å²) in [6, 6.07) is 6.11. The summed E-state index contributed by atoms with van der Waals surface area (Å²) < 4.78 is 27.5. The van der Waals surface area contributed by atoms with Crippen LogP contribution in [0.25, 0.3) is 11.0 Å². The zero-order valence-electron chi connectivity index (χ0n) is 14.2. The maximum absolute atomic E-state index is 14.0. The van der Waals surface area contributed by atoms with E-state index in [1.54, 1.807) is 12.3 Å². The summed E-state index contributed by atoms with van der Waals surface area (Å²) in [5.74, 6) is -3.13. The van der Waals surface area contributed by atoms with Gasteiger partial charge in [0.05, 0.1) is 22.8 Å². The largest absolute Gasteiger partial charge is 0.508 e. The smallest absolute Gasteiger partial charge is 0.196 e. The summed E-state index contributed by atoms with van der Waals surface area (Å²) >= 11 is 0. The molecule has 0 atom stereocenters. The van der Waals surface area contributed by atoms with Crippen LogP contribution in [-0.2, 0) is 0 Å². The highest BCUT2D eigenvalue weighted by molar-refractivity contribution is 6.10. The van der Waals surface area contributed by atoms with Crippen LogP contribution >= 0.6 is 0 Å². The number of aromatic nitrogens is 2. The van der Waals surface area contributed by atoms with Crippen molar-refractivity contribution in [1.82, 2.24) is 15.3 Å². The third kappa shape index (κ3) is 3.31. The lowest BCUT2D eigenvalue weighted by Gasteiger charge is -2.28. The van der Waals surface area contributed by atoms with Crippen LogP contribution in [0.5, 0.6) is 5.75 Å². The summed E-state index contributed by atoms with van der Waals surface area (Å²) in [7, 11) is 0. The Labute approximate surface area is 153 Å². The van der Waals surface area contributed by atoms with E-state index < -0.39 is 28.7 Å². The first-order valence-corrected chi connectivity index (χ1v) is 8.48. The number of phenolic OH excluding ortho intramolecular Hbond substituents is 1. The van der Waals surface area contributed by atoms with Gasteiger partial charge in [0.25, 0.3) is 0 Å². The van der Waals surface area contributed by atoms with Gasteiger partial charge >= 0.3 is 0 Å². The Hall–Kier alpha value is -3.13. The number of hydrogen-bond donors (Lipinski definition) is 2. The van der Waals surface area contributed by atoms with Gasteiger partial charge in [0.1, 0.15) is 11.6 Å². The molecule has 3 aromatic rings. The maximum atomic E-state index is 14.0. The minimum Gasteiger partial charge on any atom is -0.508 e. The van der Waals surface area contributed by atoms with E-state index in [2.05, 4.69) is 20.2 Å². The number of halogens is 2. The number of benzene rings is 2. The van der Waals surface area contributed by atoms with Gasteiger partial charge in [-0.15, -0.1) is 0 Å². The second-order valence-corrected chi connectivity index (χ2v) is 6.29. The summed E-state index contributed by atoms with van der Waals surface area (Å²) in [5, 5.41) is 12.7. The Morgan fingerprint density at radius 1 is 1.11 bits per heavy atom. The van der Waals surface area contributed by atoms with Gasteiger partial charge in [-0.25, -0.2) is 13.8 Å². The number of ketones is 1. The van der Waals surface area contributed by atoms with Crippen molar-refractivity contribution in [3.63, 3.8) is 0 Å². The highest BCUT2D eigenvalue weighted by Crippen LogP contribution is 2.24. The Morgan fingerprint density at radius 2 is 1.89 bits per heavy atom. The quantitative estimate of drug-likeness (QED) is 0.689. The van der Waals surface area contributed by atoms with Crippen molar-refractivity contribution in [1.29, 1.82) is 0 Å². The number of phenols is 1. The van der Waals surface area contributed by atoms with Gasteiger partial charge in [-0.05, 0) is 24.3 Å². The number of piperazine rings is 1. The molecular formula is C19H16F2N4O2. The summed E-state index contributed by atoms with van der Waals surface area (Å²) in [4.78, 5) is 23.6. The Kier molecular flexibility index (Phi) is 4.41. The molecule has 0 spiro atoms. The lowest BCUT2D eigenvalue weighted by atomic mass is 10.0. The predicted octanol–water partition coefficient (Wildman–Crippen LogP) is 2.25. The first-order valence-electron chi connectivity index (χ1n) is 8.48. The van der Waals surface area contributed by atoms with E-state index in [0.29, 0.717) is 22.9 Å². The highest BCUT2D eigenvalue weighted by Gasteiger charge is 2.20. The Morgan fingerprint density at radius 3 is 2.67 bits per heavy atom. The highest BCUT2D eigenvalue weighted by atomic mass is 19.2. The van der Waals surface area contributed by atoms with Crippen LogP contribution in [0.4, 0.5) is 14.6 Å². The molecule has 1 saturated heterocycles. The number of carbonyl (C=O) groups is 1.